The highest BCUT2D eigenvalue weighted by Gasteiger charge is 2.21. The number of morpholine rings is 1. The molecule has 0 amide bonds. The highest BCUT2D eigenvalue weighted by atomic mass is 32.2. The predicted molar refractivity (Wildman–Crippen MR) is 73.6 cm³/mol. The molecule has 1 fully saturated rings. The number of rotatable bonds is 2. The lowest BCUT2D eigenvalue weighted by Crippen LogP contribution is -2.36. The first-order valence-corrected chi connectivity index (χ1v) is 8.59. The molecular weight excluding hydrogens is 286 g/mol. The topological polar surface area (TPSA) is 72.4 Å². The maximum Gasteiger partial charge on any atom is 0.194 e. The van der Waals surface area contributed by atoms with Crippen molar-refractivity contribution in [2.45, 2.75) is 5.03 Å². The van der Waals surface area contributed by atoms with Gasteiger partial charge in [0.05, 0.1) is 23.6 Å². The molecule has 1 aliphatic rings. The van der Waals surface area contributed by atoms with E-state index in [1.165, 1.54) is 23.9 Å². The smallest absolute Gasteiger partial charge is 0.194 e. The van der Waals surface area contributed by atoms with Crippen LogP contribution in [0.25, 0.3) is 10.2 Å². The molecule has 2 aromatic heterocycles. The first kappa shape index (κ1) is 12.8. The summed E-state index contributed by atoms with van der Waals surface area (Å²) in [6.45, 7) is 2.96. The summed E-state index contributed by atoms with van der Waals surface area (Å²) in [6, 6.07) is 0. The number of hydrogen-bond acceptors (Lipinski definition) is 7. The fourth-order valence-corrected chi connectivity index (χ4v) is 4.29. The predicted octanol–water partition coefficient (Wildman–Crippen LogP) is 0.931. The van der Waals surface area contributed by atoms with Crippen LogP contribution in [0.4, 0.5) is 5.69 Å². The summed E-state index contributed by atoms with van der Waals surface area (Å²) < 4.78 is 29.4. The van der Waals surface area contributed by atoms with Crippen LogP contribution in [-0.2, 0) is 14.6 Å². The Morgan fingerprint density at radius 3 is 2.74 bits per heavy atom. The molecule has 102 valence electrons. The molecule has 0 aliphatic carbocycles. The number of nitrogens with zero attached hydrogens (tertiary/aromatic N) is 3. The molecule has 1 aliphatic heterocycles. The lowest BCUT2D eigenvalue weighted by atomic mass is 10.3. The first-order valence-electron chi connectivity index (χ1n) is 5.82. The van der Waals surface area contributed by atoms with Gasteiger partial charge in [0.25, 0.3) is 0 Å². The van der Waals surface area contributed by atoms with Crippen molar-refractivity contribution in [1.29, 1.82) is 0 Å². The Kier molecular flexibility index (Phi) is 3.15. The van der Waals surface area contributed by atoms with Crippen LogP contribution in [0, 0.1) is 0 Å². The number of hydrogen-bond donors (Lipinski definition) is 0. The summed E-state index contributed by atoms with van der Waals surface area (Å²) in [4.78, 5) is 10.3. The zero-order valence-corrected chi connectivity index (χ0v) is 12.0. The lowest BCUT2D eigenvalue weighted by molar-refractivity contribution is 0.123. The van der Waals surface area contributed by atoms with E-state index in [4.69, 9.17) is 4.74 Å². The summed E-state index contributed by atoms with van der Waals surface area (Å²) in [7, 11) is -3.33. The van der Waals surface area contributed by atoms with E-state index in [-0.39, 0.29) is 5.03 Å². The van der Waals surface area contributed by atoms with Crippen LogP contribution < -0.4 is 4.90 Å². The molecule has 0 radical (unpaired) electrons. The molecule has 0 spiro atoms. The van der Waals surface area contributed by atoms with Crippen molar-refractivity contribution in [1.82, 2.24) is 9.97 Å². The van der Waals surface area contributed by atoms with Crippen LogP contribution in [0.3, 0.4) is 0 Å². The third kappa shape index (κ3) is 2.31. The van der Waals surface area contributed by atoms with Gasteiger partial charge in [0.2, 0.25) is 0 Å². The number of fused-ring (bicyclic) bond motifs is 1. The Hall–Kier alpha value is -1.25. The molecule has 2 aromatic rings. The first-order chi connectivity index (χ1) is 9.07. The highest BCUT2D eigenvalue weighted by molar-refractivity contribution is 7.91. The third-order valence-corrected chi connectivity index (χ3v) is 5.11. The number of ether oxygens (including phenoxy) is 1. The van der Waals surface area contributed by atoms with Crippen LogP contribution in [0.2, 0.25) is 0 Å². The van der Waals surface area contributed by atoms with Gasteiger partial charge in [-0.1, -0.05) is 0 Å². The van der Waals surface area contributed by atoms with E-state index in [9.17, 15) is 8.42 Å². The molecule has 0 aromatic carbocycles. The SMILES string of the molecule is CS(=O)(=O)c1ncnc2c(N3CCOCC3)csc12. The van der Waals surface area contributed by atoms with Crippen molar-refractivity contribution < 1.29 is 13.2 Å². The Balaban J connectivity index is 2.14. The Bertz CT molecular complexity index is 705. The normalized spacial score (nSPS) is 17.0. The summed E-state index contributed by atoms with van der Waals surface area (Å²) in [6.07, 6.45) is 2.48. The minimum Gasteiger partial charge on any atom is -0.378 e. The van der Waals surface area contributed by atoms with Gasteiger partial charge in [-0.25, -0.2) is 18.4 Å². The average Bonchev–Trinajstić information content (AvgIpc) is 2.82. The second kappa shape index (κ2) is 4.69. The largest absolute Gasteiger partial charge is 0.378 e. The minimum absolute atomic E-state index is 0.113. The minimum atomic E-state index is -3.33. The van der Waals surface area contributed by atoms with Crippen molar-refractivity contribution in [3.8, 4) is 0 Å². The van der Waals surface area contributed by atoms with Crippen molar-refractivity contribution in [2.24, 2.45) is 0 Å². The van der Waals surface area contributed by atoms with Crippen LogP contribution in [0.5, 0.6) is 0 Å². The quantitative estimate of drug-likeness (QED) is 0.768. The van der Waals surface area contributed by atoms with Crippen LogP contribution in [-0.4, -0.2) is 50.9 Å². The van der Waals surface area contributed by atoms with E-state index in [1.54, 1.807) is 0 Å². The van der Waals surface area contributed by atoms with E-state index >= 15 is 0 Å². The van der Waals surface area contributed by atoms with Gasteiger partial charge < -0.3 is 9.64 Å². The van der Waals surface area contributed by atoms with Gasteiger partial charge in [0, 0.05) is 24.7 Å². The fraction of sp³-hybridized carbons (Fsp3) is 0.455. The molecular formula is C11H13N3O3S2. The van der Waals surface area contributed by atoms with E-state index in [0.29, 0.717) is 23.4 Å². The Morgan fingerprint density at radius 2 is 2.05 bits per heavy atom. The van der Waals surface area contributed by atoms with Gasteiger partial charge in [-0.05, 0) is 0 Å². The molecule has 0 unspecified atom stereocenters. The lowest BCUT2D eigenvalue weighted by Gasteiger charge is -2.27. The van der Waals surface area contributed by atoms with Crippen LogP contribution >= 0.6 is 11.3 Å². The number of aromatic nitrogens is 2. The Morgan fingerprint density at radius 1 is 1.32 bits per heavy atom. The number of sulfone groups is 1. The monoisotopic (exact) mass is 299 g/mol. The number of thiophene rings is 1. The summed E-state index contributed by atoms with van der Waals surface area (Å²) >= 11 is 1.37. The Labute approximate surface area is 115 Å². The van der Waals surface area contributed by atoms with E-state index < -0.39 is 9.84 Å². The molecule has 0 atom stereocenters. The van der Waals surface area contributed by atoms with Gasteiger partial charge >= 0.3 is 0 Å². The number of anilines is 1. The summed E-state index contributed by atoms with van der Waals surface area (Å²) in [5.74, 6) is 0. The summed E-state index contributed by atoms with van der Waals surface area (Å²) in [5, 5.41) is 2.06. The van der Waals surface area contributed by atoms with E-state index in [1.807, 2.05) is 5.38 Å². The maximum absolute atomic E-state index is 11.7. The summed E-state index contributed by atoms with van der Waals surface area (Å²) in [5.41, 5.74) is 1.68. The van der Waals surface area contributed by atoms with Crippen LogP contribution in [0.1, 0.15) is 0 Å². The van der Waals surface area contributed by atoms with Crippen molar-refractivity contribution in [3.63, 3.8) is 0 Å². The van der Waals surface area contributed by atoms with Gasteiger partial charge in [0.15, 0.2) is 14.9 Å². The van der Waals surface area contributed by atoms with Crippen LogP contribution in [0.15, 0.2) is 16.7 Å². The highest BCUT2D eigenvalue weighted by Crippen LogP contribution is 2.34. The molecule has 3 rings (SSSR count). The van der Waals surface area contributed by atoms with Gasteiger partial charge in [-0.2, -0.15) is 0 Å². The second-order valence-electron chi connectivity index (χ2n) is 4.35. The van der Waals surface area contributed by atoms with Crippen molar-refractivity contribution in [3.05, 3.63) is 11.7 Å². The average molecular weight is 299 g/mol. The molecule has 0 saturated carbocycles. The van der Waals surface area contributed by atoms with E-state index in [0.717, 1.165) is 18.8 Å². The van der Waals surface area contributed by atoms with Crippen molar-refractivity contribution in [2.75, 3.05) is 37.5 Å². The second-order valence-corrected chi connectivity index (χ2v) is 7.16. The molecule has 1 saturated heterocycles. The standard InChI is InChI=1S/C11H13N3O3S2/c1-19(15,16)11-10-9(12-7-13-11)8(6-18-10)14-2-4-17-5-3-14/h6-7H,2-5H2,1H3. The van der Waals surface area contributed by atoms with E-state index in [2.05, 4.69) is 14.9 Å². The van der Waals surface area contributed by atoms with Crippen molar-refractivity contribution >= 4 is 37.1 Å². The fourth-order valence-electron chi connectivity index (χ4n) is 2.11. The molecule has 0 N–H and O–H groups in total. The molecule has 0 bridgehead atoms. The zero-order valence-electron chi connectivity index (χ0n) is 10.4. The molecule has 3 heterocycles. The third-order valence-electron chi connectivity index (χ3n) is 3.01. The maximum atomic E-state index is 11.7. The molecule has 8 heteroatoms. The van der Waals surface area contributed by atoms with Gasteiger partial charge in [-0.15, -0.1) is 11.3 Å². The zero-order chi connectivity index (χ0) is 13.5. The molecule has 19 heavy (non-hydrogen) atoms. The van der Waals surface area contributed by atoms with Gasteiger partial charge in [-0.3, -0.25) is 0 Å². The molecule has 6 nitrogen and oxygen atoms in total. The van der Waals surface area contributed by atoms with Gasteiger partial charge in [0.1, 0.15) is 11.8 Å².